The van der Waals surface area contributed by atoms with Crippen LogP contribution in [0.4, 0.5) is 0 Å². The number of unbranched alkanes of at least 4 members (excludes halogenated alkanes) is 1. The third-order valence-electron chi connectivity index (χ3n) is 2.42. The van der Waals surface area contributed by atoms with Crippen LogP contribution in [0, 0.1) is 5.92 Å². The van der Waals surface area contributed by atoms with Gasteiger partial charge in [0.05, 0.1) is 12.5 Å². The van der Waals surface area contributed by atoms with Crippen LogP contribution in [-0.4, -0.2) is 12.6 Å². The highest BCUT2D eigenvalue weighted by molar-refractivity contribution is 5.71. The number of aryl methyl sites for hydroxylation is 1. The van der Waals surface area contributed by atoms with Crippen LogP contribution in [0.3, 0.4) is 0 Å². The molecule has 0 aliphatic carbocycles. The molecule has 1 aromatic rings. The van der Waals surface area contributed by atoms with Gasteiger partial charge in [0.1, 0.15) is 0 Å². The molecule has 1 rings (SSSR count). The topological polar surface area (TPSA) is 26.3 Å². The highest BCUT2D eigenvalue weighted by Gasteiger charge is 2.06. The molecule has 88 valence electrons. The van der Waals surface area contributed by atoms with Crippen molar-refractivity contribution in [3.63, 3.8) is 0 Å². The predicted molar refractivity (Wildman–Crippen MR) is 65.2 cm³/mol. The molecule has 2 nitrogen and oxygen atoms in total. The van der Waals surface area contributed by atoms with Gasteiger partial charge in [-0.15, -0.1) is 0 Å². The summed E-state index contributed by atoms with van der Waals surface area (Å²) in [6, 6.07) is 10.4. The molecule has 0 heterocycles. The Kier molecular flexibility index (Phi) is 5.62. The second kappa shape index (κ2) is 7.04. The van der Waals surface area contributed by atoms with E-state index >= 15 is 0 Å². The molecular formula is C14H20O2. The summed E-state index contributed by atoms with van der Waals surface area (Å²) in [7, 11) is 0. The van der Waals surface area contributed by atoms with E-state index in [0.29, 0.717) is 6.61 Å². The van der Waals surface area contributed by atoms with Crippen molar-refractivity contribution in [2.45, 2.75) is 33.1 Å². The molecule has 16 heavy (non-hydrogen) atoms. The fraction of sp³-hybridized carbons (Fsp3) is 0.500. The van der Waals surface area contributed by atoms with Gasteiger partial charge in [-0.3, -0.25) is 4.79 Å². The molecule has 0 unspecified atom stereocenters. The SMILES string of the molecule is CC(C)C(=O)OCCCCc1ccccc1. The molecule has 0 aliphatic rings. The Morgan fingerprint density at radius 2 is 1.88 bits per heavy atom. The molecule has 0 amide bonds. The minimum absolute atomic E-state index is 0.0193. The summed E-state index contributed by atoms with van der Waals surface area (Å²) < 4.78 is 5.10. The fourth-order valence-electron chi connectivity index (χ4n) is 1.42. The number of carbonyl (C=O) groups excluding carboxylic acids is 1. The van der Waals surface area contributed by atoms with Gasteiger partial charge in [0.25, 0.3) is 0 Å². The maximum absolute atomic E-state index is 11.2. The summed E-state index contributed by atoms with van der Waals surface area (Å²) in [6.07, 6.45) is 3.06. The lowest BCUT2D eigenvalue weighted by atomic mass is 10.1. The van der Waals surface area contributed by atoms with Crippen LogP contribution in [0.25, 0.3) is 0 Å². The molecule has 0 aromatic heterocycles. The van der Waals surface area contributed by atoms with E-state index in [-0.39, 0.29) is 11.9 Å². The van der Waals surface area contributed by atoms with Gasteiger partial charge >= 0.3 is 5.97 Å². The van der Waals surface area contributed by atoms with Crippen molar-refractivity contribution in [1.29, 1.82) is 0 Å². The van der Waals surface area contributed by atoms with Crippen molar-refractivity contribution in [1.82, 2.24) is 0 Å². The van der Waals surface area contributed by atoms with E-state index in [1.807, 2.05) is 32.0 Å². The summed E-state index contributed by atoms with van der Waals surface area (Å²) in [4.78, 5) is 11.2. The summed E-state index contributed by atoms with van der Waals surface area (Å²) in [6.45, 7) is 4.25. The first kappa shape index (κ1) is 12.8. The Morgan fingerprint density at radius 1 is 1.19 bits per heavy atom. The number of hydrogen-bond donors (Lipinski definition) is 0. The van der Waals surface area contributed by atoms with Crippen LogP contribution in [0.5, 0.6) is 0 Å². The van der Waals surface area contributed by atoms with E-state index in [9.17, 15) is 4.79 Å². The largest absolute Gasteiger partial charge is 0.465 e. The lowest BCUT2D eigenvalue weighted by Crippen LogP contribution is -2.12. The lowest BCUT2D eigenvalue weighted by molar-refractivity contribution is -0.147. The second-order valence-corrected chi connectivity index (χ2v) is 4.26. The Bertz CT molecular complexity index is 304. The van der Waals surface area contributed by atoms with Gasteiger partial charge in [0, 0.05) is 0 Å². The summed E-state index contributed by atoms with van der Waals surface area (Å²) in [5, 5.41) is 0. The van der Waals surface area contributed by atoms with Crippen LogP contribution >= 0.6 is 0 Å². The fourth-order valence-corrected chi connectivity index (χ4v) is 1.42. The first-order valence-electron chi connectivity index (χ1n) is 5.90. The van der Waals surface area contributed by atoms with Gasteiger partial charge < -0.3 is 4.74 Å². The summed E-state index contributed by atoms with van der Waals surface area (Å²) in [5.74, 6) is -0.117. The first-order valence-corrected chi connectivity index (χ1v) is 5.90. The van der Waals surface area contributed by atoms with Gasteiger partial charge in [-0.05, 0) is 24.8 Å². The predicted octanol–water partition coefficient (Wildman–Crippen LogP) is 3.21. The third kappa shape index (κ3) is 4.96. The quantitative estimate of drug-likeness (QED) is 0.543. The Labute approximate surface area is 97.6 Å². The smallest absolute Gasteiger partial charge is 0.308 e. The minimum Gasteiger partial charge on any atom is -0.465 e. The van der Waals surface area contributed by atoms with Gasteiger partial charge in [0.15, 0.2) is 0 Å². The Morgan fingerprint density at radius 3 is 2.50 bits per heavy atom. The van der Waals surface area contributed by atoms with Crippen molar-refractivity contribution < 1.29 is 9.53 Å². The molecule has 0 bridgehead atoms. The third-order valence-corrected chi connectivity index (χ3v) is 2.42. The second-order valence-electron chi connectivity index (χ2n) is 4.26. The number of rotatable bonds is 6. The van der Waals surface area contributed by atoms with Crippen LogP contribution in [0.1, 0.15) is 32.3 Å². The highest BCUT2D eigenvalue weighted by Crippen LogP contribution is 2.05. The Hall–Kier alpha value is -1.31. The average Bonchev–Trinajstić information content (AvgIpc) is 2.29. The Balaban J connectivity index is 2.07. The van der Waals surface area contributed by atoms with Gasteiger partial charge in [-0.1, -0.05) is 44.2 Å². The lowest BCUT2D eigenvalue weighted by Gasteiger charge is -2.06. The maximum Gasteiger partial charge on any atom is 0.308 e. The molecule has 0 saturated heterocycles. The van der Waals surface area contributed by atoms with Gasteiger partial charge in [-0.2, -0.15) is 0 Å². The number of esters is 1. The molecule has 0 aliphatic heterocycles. The number of carbonyl (C=O) groups is 1. The van der Waals surface area contributed by atoms with Crippen molar-refractivity contribution in [3.05, 3.63) is 35.9 Å². The molecule has 0 N–H and O–H groups in total. The average molecular weight is 220 g/mol. The highest BCUT2D eigenvalue weighted by atomic mass is 16.5. The van der Waals surface area contributed by atoms with Crippen LogP contribution in [-0.2, 0) is 16.0 Å². The number of benzene rings is 1. The van der Waals surface area contributed by atoms with Gasteiger partial charge in [0.2, 0.25) is 0 Å². The molecule has 0 spiro atoms. The summed E-state index contributed by atoms with van der Waals surface area (Å²) in [5.41, 5.74) is 1.35. The summed E-state index contributed by atoms with van der Waals surface area (Å²) >= 11 is 0. The van der Waals surface area contributed by atoms with Gasteiger partial charge in [-0.25, -0.2) is 0 Å². The van der Waals surface area contributed by atoms with Crippen molar-refractivity contribution in [3.8, 4) is 0 Å². The van der Waals surface area contributed by atoms with Crippen molar-refractivity contribution >= 4 is 5.97 Å². The van der Waals surface area contributed by atoms with Crippen molar-refractivity contribution in [2.75, 3.05) is 6.61 Å². The van der Waals surface area contributed by atoms with Crippen LogP contribution < -0.4 is 0 Å². The standard InChI is InChI=1S/C14H20O2/c1-12(2)14(15)16-11-7-6-10-13-8-4-3-5-9-13/h3-5,8-9,12H,6-7,10-11H2,1-2H3. The molecule has 0 saturated carbocycles. The zero-order valence-corrected chi connectivity index (χ0v) is 10.1. The number of hydrogen-bond acceptors (Lipinski definition) is 2. The molecule has 1 aromatic carbocycles. The van der Waals surface area contributed by atoms with Crippen LogP contribution in [0.2, 0.25) is 0 Å². The monoisotopic (exact) mass is 220 g/mol. The molecular weight excluding hydrogens is 200 g/mol. The zero-order valence-electron chi connectivity index (χ0n) is 10.1. The molecule has 0 fully saturated rings. The van der Waals surface area contributed by atoms with E-state index in [0.717, 1.165) is 19.3 Å². The van der Waals surface area contributed by atoms with Crippen LogP contribution in [0.15, 0.2) is 30.3 Å². The van der Waals surface area contributed by atoms with E-state index in [1.54, 1.807) is 0 Å². The first-order chi connectivity index (χ1) is 7.70. The van der Waals surface area contributed by atoms with E-state index < -0.39 is 0 Å². The van der Waals surface area contributed by atoms with E-state index in [2.05, 4.69) is 12.1 Å². The number of ether oxygens (including phenoxy) is 1. The van der Waals surface area contributed by atoms with E-state index in [1.165, 1.54) is 5.56 Å². The molecule has 0 radical (unpaired) electrons. The normalized spacial score (nSPS) is 10.4. The molecule has 0 atom stereocenters. The minimum atomic E-state index is -0.0975. The maximum atomic E-state index is 11.2. The van der Waals surface area contributed by atoms with E-state index in [4.69, 9.17) is 4.74 Å². The van der Waals surface area contributed by atoms with Crippen molar-refractivity contribution in [2.24, 2.45) is 5.92 Å². The zero-order chi connectivity index (χ0) is 11.8. The molecule has 2 heteroatoms.